The second-order valence-corrected chi connectivity index (χ2v) is 2.98. The summed E-state index contributed by atoms with van der Waals surface area (Å²) in [7, 11) is 4.50. The highest BCUT2D eigenvalue weighted by atomic mass is 16.5. The molecule has 15 heavy (non-hydrogen) atoms. The number of carbonyl (C=O) groups excluding carboxylic acids is 1. The zero-order chi connectivity index (χ0) is 11.4. The maximum absolute atomic E-state index is 11.7. The van der Waals surface area contributed by atoms with Crippen LogP contribution in [0.4, 0.5) is 0 Å². The summed E-state index contributed by atoms with van der Waals surface area (Å²) >= 11 is 0. The van der Waals surface area contributed by atoms with Gasteiger partial charge in [-0.15, -0.1) is 0 Å². The predicted molar refractivity (Wildman–Crippen MR) is 55.8 cm³/mol. The monoisotopic (exact) mass is 210 g/mol. The third kappa shape index (κ3) is 2.38. The van der Waals surface area contributed by atoms with Gasteiger partial charge in [-0.3, -0.25) is 9.80 Å². The number of hydrazine groups is 1. The minimum Gasteiger partial charge on any atom is -0.497 e. The van der Waals surface area contributed by atoms with Crippen molar-refractivity contribution >= 4 is 5.91 Å². The standard InChI is InChI=1S/C10H14N2O3/c1-12(11)10(13)8-6-7(14-2)4-5-9(8)15-3/h4-6H,11H2,1-3H3. The maximum Gasteiger partial charge on any atom is 0.271 e. The van der Waals surface area contributed by atoms with E-state index in [-0.39, 0.29) is 5.91 Å². The van der Waals surface area contributed by atoms with Gasteiger partial charge in [0, 0.05) is 7.05 Å². The predicted octanol–water partition coefficient (Wildman–Crippen LogP) is 0.650. The number of nitrogens with two attached hydrogens (primary N) is 1. The van der Waals surface area contributed by atoms with Crippen molar-refractivity contribution in [2.45, 2.75) is 0 Å². The van der Waals surface area contributed by atoms with Gasteiger partial charge in [0.1, 0.15) is 11.5 Å². The van der Waals surface area contributed by atoms with Crippen molar-refractivity contribution in [2.75, 3.05) is 21.3 Å². The molecule has 1 rings (SSSR count). The summed E-state index contributed by atoms with van der Waals surface area (Å²) in [5.74, 6) is 6.10. The van der Waals surface area contributed by atoms with E-state index in [4.69, 9.17) is 15.3 Å². The fraction of sp³-hybridized carbons (Fsp3) is 0.300. The molecule has 0 aliphatic rings. The van der Waals surface area contributed by atoms with E-state index in [1.807, 2.05) is 0 Å². The summed E-state index contributed by atoms with van der Waals surface area (Å²) in [6.07, 6.45) is 0. The Kier molecular flexibility index (Phi) is 3.51. The van der Waals surface area contributed by atoms with Crippen LogP contribution in [-0.2, 0) is 0 Å². The number of hydrogen-bond donors (Lipinski definition) is 1. The average Bonchev–Trinajstić information content (AvgIpc) is 2.27. The van der Waals surface area contributed by atoms with Gasteiger partial charge < -0.3 is 9.47 Å². The minimum atomic E-state index is -0.328. The van der Waals surface area contributed by atoms with Crippen molar-refractivity contribution in [3.8, 4) is 11.5 Å². The summed E-state index contributed by atoms with van der Waals surface area (Å²) in [6.45, 7) is 0. The molecule has 1 amide bonds. The molecule has 1 aromatic rings. The van der Waals surface area contributed by atoms with Crippen LogP contribution in [0.15, 0.2) is 18.2 Å². The molecule has 1 aromatic carbocycles. The molecule has 5 heteroatoms. The summed E-state index contributed by atoms with van der Waals surface area (Å²) in [5.41, 5.74) is 0.377. The van der Waals surface area contributed by atoms with Gasteiger partial charge in [-0.2, -0.15) is 0 Å². The molecular weight excluding hydrogens is 196 g/mol. The average molecular weight is 210 g/mol. The molecular formula is C10H14N2O3. The van der Waals surface area contributed by atoms with Gasteiger partial charge in [0.05, 0.1) is 19.8 Å². The molecule has 82 valence electrons. The van der Waals surface area contributed by atoms with Gasteiger partial charge in [0.25, 0.3) is 5.91 Å². The van der Waals surface area contributed by atoms with Gasteiger partial charge in [-0.05, 0) is 18.2 Å². The lowest BCUT2D eigenvalue weighted by atomic mass is 10.1. The van der Waals surface area contributed by atoms with Crippen LogP contribution >= 0.6 is 0 Å². The molecule has 0 atom stereocenters. The third-order valence-electron chi connectivity index (χ3n) is 1.96. The molecule has 0 saturated carbocycles. The van der Waals surface area contributed by atoms with Gasteiger partial charge >= 0.3 is 0 Å². The van der Waals surface area contributed by atoms with Crippen molar-refractivity contribution in [1.29, 1.82) is 0 Å². The van der Waals surface area contributed by atoms with Gasteiger partial charge in [0.15, 0.2) is 0 Å². The van der Waals surface area contributed by atoms with Crippen LogP contribution in [0, 0.1) is 0 Å². The van der Waals surface area contributed by atoms with E-state index >= 15 is 0 Å². The van der Waals surface area contributed by atoms with E-state index in [2.05, 4.69) is 0 Å². The molecule has 0 aromatic heterocycles. The molecule has 0 spiro atoms. The van der Waals surface area contributed by atoms with Gasteiger partial charge in [-0.25, -0.2) is 5.84 Å². The van der Waals surface area contributed by atoms with Crippen molar-refractivity contribution in [2.24, 2.45) is 5.84 Å². The first-order chi connectivity index (χ1) is 7.10. The molecule has 5 nitrogen and oxygen atoms in total. The largest absolute Gasteiger partial charge is 0.497 e. The molecule has 2 N–H and O–H groups in total. The second kappa shape index (κ2) is 4.65. The number of rotatable bonds is 3. The highest BCUT2D eigenvalue weighted by Crippen LogP contribution is 2.24. The zero-order valence-corrected chi connectivity index (χ0v) is 8.98. The Morgan fingerprint density at radius 3 is 2.47 bits per heavy atom. The maximum atomic E-state index is 11.7. The van der Waals surface area contributed by atoms with Crippen molar-refractivity contribution in [3.05, 3.63) is 23.8 Å². The Morgan fingerprint density at radius 2 is 2.00 bits per heavy atom. The van der Waals surface area contributed by atoms with Crippen LogP contribution in [-0.4, -0.2) is 32.2 Å². The first-order valence-electron chi connectivity index (χ1n) is 4.35. The smallest absolute Gasteiger partial charge is 0.271 e. The van der Waals surface area contributed by atoms with E-state index in [1.54, 1.807) is 18.2 Å². The summed E-state index contributed by atoms with van der Waals surface area (Å²) in [6, 6.07) is 4.96. The van der Waals surface area contributed by atoms with Crippen LogP contribution in [0.1, 0.15) is 10.4 Å². The van der Waals surface area contributed by atoms with E-state index in [1.165, 1.54) is 21.3 Å². The van der Waals surface area contributed by atoms with Crippen LogP contribution in [0.3, 0.4) is 0 Å². The molecule has 0 unspecified atom stereocenters. The quantitative estimate of drug-likeness (QED) is 0.452. The molecule has 0 bridgehead atoms. The lowest BCUT2D eigenvalue weighted by Crippen LogP contribution is -2.33. The Hall–Kier alpha value is -1.75. The van der Waals surface area contributed by atoms with E-state index < -0.39 is 0 Å². The topological polar surface area (TPSA) is 64.8 Å². The molecule has 0 saturated heterocycles. The first-order valence-corrected chi connectivity index (χ1v) is 4.35. The molecule has 0 fully saturated rings. The Bertz CT molecular complexity index is 364. The van der Waals surface area contributed by atoms with Crippen molar-refractivity contribution < 1.29 is 14.3 Å². The van der Waals surface area contributed by atoms with Gasteiger partial charge in [-0.1, -0.05) is 0 Å². The number of benzene rings is 1. The fourth-order valence-electron chi connectivity index (χ4n) is 1.17. The molecule has 0 aliphatic carbocycles. The van der Waals surface area contributed by atoms with E-state index in [9.17, 15) is 4.79 Å². The van der Waals surface area contributed by atoms with Crippen molar-refractivity contribution in [3.63, 3.8) is 0 Å². The van der Waals surface area contributed by atoms with Crippen LogP contribution in [0.25, 0.3) is 0 Å². The lowest BCUT2D eigenvalue weighted by molar-refractivity contribution is 0.0791. The van der Waals surface area contributed by atoms with Crippen molar-refractivity contribution in [1.82, 2.24) is 5.01 Å². The van der Waals surface area contributed by atoms with E-state index in [0.717, 1.165) is 5.01 Å². The number of methoxy groups -OCH3 is 2. The number of amides is 1. The summed E-state index contributed by atoms with van der Waals surface area (Å²) < 4.78 is 10.1. The fourth-order valence-corrected chi connectivity index (χ4v) is 1.17. The SMILES string of the molecule is COc1ccc(OC)c(C(=O)N(C)N)c1. The first kappa shape index (κ1) is 11.3. The molecule has 0 aliphatic heterocycles. The summed E-state index contributed by atoms with van der Waals surface area (Å²) in [4.78, 5) is 11.7. The number of ether oxygens (including phenoxy) is 2. The Morgan fingerprint density at radius 1 is 1.33 bits per heavy atom. The number of nitrogens with zero attached hydrogens (tertiary/aromatic N) is 1. The highest BCUT2D eigenvalue weighted by Gasteiger charge is 2.15. The zero-order valence-electron chi connectivity index (χ0n) is 8.98. The van der Waals surface area contributed by atoms with Crippen LogP contribution < -0.4 is 15.3 Å². The van der Waals surface area contributed by atoms with E-state index in [0.29, 0.717) is 17.1 Å². The summed E-state index contributed by atoms with van der Waals surface area (Å²) in [5, 5.41) is 0.997. The van der Waals surface area contributed by atoms with Gasteiger partial charge in [0.2, 0.25) is 0 Å². The molecule has 0 heterocycles. The minimum absolute atomic E-state index is 0.328. The van der Waals surface area contributed by atoms with Crippen LogP contribution in [0.2, 0.25) is 0 Å². The normalized spacial score (nSPS) is 9.60. The Labute approximate surface area is 88.3 Å². The Balaban J connectivity index is 3.17. The lowest BCUT2D eigenvalue weighted by Gasteiger charge is -2.13. The number of carbonyl (C=O) groups is 1. The molecule has 0 radical (unpaired) electrons. The second-order valence-electron chi connectivity index (χ2n) is 2.98. The third-order valence-corrected chi connectivity index (χ3v) is 1.96. The van der Waals surface area contributed by atoms with Crippen LogP contribution in [0.5, 0.6) is 11.5 Å². The highest BCUT2D eigenvalue weighted by molar-refractivity contribution is 5.96. The number of hydrogen-bond acceptors (Lipinski definition) is 4.